The molecule has 0 bridgehead atoms. The lowest BCUT2D eigenvalue weighted by Crippen LogP contribution is -2.08. The molecule has 1 aromatic heterocycles. The van der Waals surface area contributed by atoms with Crippen molar-refractivity contribution in [3.8, 4) is 0 Å². The van der Waals surface area contributed by atoms with Gasteiger partial charge in [-0.2, -0.15) is 0 Å². The van der Waals surface area contributed by atoms with Gasteiger partial charge in [-0.25, -0.2) is 9.78 Å². The fraction of sp³-hybridized carbons (Fsp3) is 0.545. The molecular formula is C11H15ClN2O4S. The summed E-state index contributed by atoms with van der Waals surface area (Å²) in [5, 5.41) is 3.63. The molecule has 0 saturated carbocycles. The van der Waals surface area contributed by atoms with Gasteiger partial charge < -0.3 is 14.8 Å². The van der Waals surface area contributed by atoms with Crippen molar-refractivity contribution in [2.75, 3.05) is 25.6 Å². The van der Waals surface area contributed by atoms with E-state index in [-0.39, 0.29) is 16.0 Å². The molecule has 1 aromatic rings. The van der Waals surface area contributed by atoms with Crippen LogP contribution < -0.4 is 5.32 Å². The fourth-order valence-electron chi connectivity index (χ4n) is 1.26. The van der Waals surface area contributed by atoms with Crippen LogP contribution in [0.4, 0.5) is 5.13 Å². The Bertz CT molecular complexity index is 450. The van der Waals surface area contributed by atoms with Crippen molar-refractivity contribution in [3.05, 3.63) is 10.0 Å². The maximum atomic E-state index is 11.3. The van der Waals surface area contributed by atoms with Crippen molar-refractivity contribution >= 4 is 40.0 Å². The van der Waals surface area contributed by atoms with Crippen molar-refractivity contribution in [3.63, 3.8) is 0 Å². The number of nitrogens with zero attached hydrogens (tertiary/aromatic N) is 1. The van der Waals surface area contributed by atoms with Crippen LogP contribution in [0.5, 0.6) is 0 Å². The first-order chi connectivity index (χ1) is 9.08. The molecule has 1 heterocycles. The van der Waals surface area contributed by atoms with Gasteiger partial charge in [-0.05, 0) is 13.3 Å². The van der Waals surface area contributed by atoms with Crippen LogP contribution in [0.25, 0.3) is 0 Å². The lowest BCUT2D eigenvalue weighted by atomic mass is 10.3. The third kappa shape index (κ3) is 5.04. The van der Waals surface area contributed by atoms with E-state index >= 15 is 0 Å². The van der Waals surface area contributed by atoms with E-state index in [2.05, 4.69) is 15.0 Å². The summed E-state index contributed by atoms with van der Waals surface area (Å²) in [6.45, 7) is 2.70. The van der Waals surface area contributed by atoms with Crippen molar-refractivity contribution in [1.82, 2.24) is 4.98 Å². The van der Waals surface area contributed by atoms with E-state index in [4.69, 9.17) is 16.3 Å². The molecule has 0 fully saturated rings. The van der Waals surface area contributed by atoms with E-state index in [1.165, 1.54) is 7.11 Å². The topological polar surface area (TPSA) is 77.5 Å². The molecule has 8 heteroatoms. The SMILES string of the molecule is CCOC(=O)CCCNc1nc(Cl)c(C(=O)OC)s1. The molecule has 0 aliphatic carbocycles. The molecular weight excluding hydrogens is 292 g/mol. The minimum atomic E-state index is -0.512. The summed E-state index contributed by atoms with van der Waals surface area (Å²) >= 11 is 6.92. The Balaban J connectivity index is 2.38. The van der Waals surface area contributed by atoms with Crippen LogP contribution in [0.1, 0.15) is 29.4 Å². The van der Waals surface area contributed by atoms with Gasteiger partial charge in [-0.15, -0.1) is 0 Å². The Hall–Kier alpha value is -1.34. The Morgan fingerprint density at radius 1 is 1.47 bits per heavy atom. The van der Waals surface area contributed by atoms with Gasteiger partial charge >= 0.3 is 11.9 Å². The average molecular weight is 307 g/mol. The third-order valence-corrected chi connectivity index (χ3v) is 3.47. The number of esters is 2. The van der Waals surface area contributed by atoms with E-state index in [1.54, 1.807) is 6.92 Å². The van der Waals surface area contributed by atoms with Crippen molar-refractivity contribution in [1.29, 1.82) is 0 Å². The monoisotopic (exact) mass is 306 g/mol. The predicted octanol–water partition coefficient (Wildman–Crippen LogP) is 2.34. The summed E-state index contributed by atoms with van der Waals surface area (Å²) in [7, 11) is 1.28. The van der Waals surface area contributed by atoms with E-state index in [1.807, 2.05) is 0 Å². The van der Waals surface area contributed by atoms with Crippen LogP contribution >= 0.6 is 22.9 Å². The number of ether oxygens (including phenoxy) is 2. The van der Waals surface area contributed by atoms with Crippen LogP contribution in [0.2, 0.25) is 5.15 Å². The highest BCUT2D eigenvalue weighted by atomic mass is 35.5. The predicted molar refractivity (Wildman–Crippen MR) is 72.8 cm³/mol. The summed E-state index contributed by atoms with van der Waals surface area (Å²) in [6.07, 6.45) is 0.952. The van der Waals surface area contributed by atoms with Crippen LogP contribution in [-0.4, -0.2) is 37.2 Å². The van der Waals surface area contributed by atoms with Crippen molar-refractivity contribution in [2.45, 2.75) is 19.8 Å². The second kappa shape index (κ2) is 7.96. The number of halogens is 1. The number of carbonyl (C=O) groups excluding carboxylic acids is 2. The minimum absolute atomic E-state index is 0.116. The van der Waals surface area contributed by atoms with Crippen LogP contribution in [0.3, 0.4) is 0 Å². The number of hydrogen-bond donors (Lipinski definition) is 1. The first-order valence-corrected chi connectivity index (χ1v) is 6.92. The zero-order chi connectivity index (χ0) is 14.3. The summed E-state index contributed by atoms with van der Waals surface area (Å²) in [6, 6.07) is 0. The number of nitrogens with one attached hydrogen (secondary N) is 1. The van der Waals surface area contributed by atoms with E-state index in [0.717, 1.165) is 11.3 Å². The molecule has 0 aliphatic rings. The lowest BCUT2D eigenvalue weighted by molar-refractivity contribution is -0.143. The number of thiazole rings is 1. The summed E-state index contributed by atoms with van der Waals surface area (Å²) in [5.74, 6) is -0.737. The zero-order valence-corrected chi connectivity index (χ0v) is 12.3. The number of rotatable bonds is 7. The highest BCUT2D eigenvalue weighted by Crippen LogP contribution is 2.27. The number of aromatic nitrogens is 1. The maximum absolute atomic E-state index is 11.3. The molecule has 19 heavy (non-hydrogen) atoms. The highest BCUT2D eigenvalue weighted by molar-refractivity contribution is 7.18. The number of carbonyl (C=O) groups is 2. The van der Waals surface area contributed by atoms with Crippen LogP contribution in [-0.2, 0) is 14.3 Å². The first-order valence-electron chi connectivity index (χ1n) is 5.72. The second-order valence-electron chi connectivity index (χ2n) is 3.47. The van der Waals surface area contributed by atoms with Gasteiger partial charge in [0, 0.05) is 13.0 Å². The van der Waals surface area contributed by atoms with E-state index in [9.17, 15) is 9.59 Å². The Morgan fingerprint density at radius 2 is 2.21 bits per heavy atom. The lowest BCUT2D eigenvalue weighted by Gasteiger charge is -2.02. The van der Waals surface area contributed by atoms with Gasteiger partial charge in [0.1, 0.15) is 0 Å². The maximum Gasteiger partial charge on any atom is 0.351 e. The molecule has 0 radical (unpaired) electrons. The Kier molecular flexibility index (Phi) is 6.58. The standard InChI is InChI=1S/C11H15ClN2O4S/c1-3-18-7(15)5-4-6-13-11-14-9(12)8(19-11)10(16)17-2/h3-6H2,1-2H3,(H,13,14). The molecule has 106 valence electrons. The molecule has 1 N–H and O–H groups in total. The second-order valence-corrected chi connectivity index (χ2v) is 4.82. The third-order valence-electron chi connectivity index (χ3n) is 2.10. The number of hydrogen-bond acceptors (Lipinski definition) is 7. The quantitative estimate of drug-likeness (QED) is 0.615. The zero-order valence-electron chi connectivity index (χ0n) is 10.7. The highest BCUT2D eigenvalue weighted by Gasteiger charge is 2.16. The van der Waals surface area contributed by atoms with E-state index < -0.39 is 5.97 Å². The van der Waals surface area contributed by atoms with Gasteiger partial charge in [-0.3, -0.25) is 4.79 Å². The molecule has 0 amide bonds. The molecule has 0 aliphatic heterocycles. The van der Waals surface area contributed by atoms with Gasteiger partial charge in [-0.1, -0.05) is 22.9 Å². The van der Waals surface area contributed by atoms with Gasteiger partial charge in [0.15, 0.2) is 15.2 Å². The van der Waals surface area contributed by atoms with Crippen LogP contribution in [0, 0.1) is 0 Å². The average Bonchev–Trinajstić information content (AvgIpc) is 2.75. The first kappa shape index (κ1) is 15.7. The molecule has 0 spiro atoms. The van der Waals surface area contributed by atoms with E-state index in [0.29, 0.717) is 31.1 Å². The van der Waals surface area contributed by atoms with Gasteiger partial charge in [0.25, 0.3) is 0 Å². The minimum Gasteiger partial charge on any atom is -0.466 e. The van der Waals surface area contributed by atoms with Crippen molar-refractivity contribution in [2.24, 2.45) is 0 Å². The molecule has 0 unspecified atom stereocenters. The smallest absolute Gasteiger partial charge is 0.351 e. The van der Waals surface area contributed by atoms with Crippen molar-refractivity contribution < 1.29 is 19.1 Å². The summed E-state index contributed by atoms with van der Waals surface area (Å²) < 4.78 is 9.37. The number of methoxy groups -OCH3 is 1. The summed E-state index contributed by atoms with van der Waals surface area (Å²) in [5.41, 5.74) is 0. The fourth-order valence-corrected chi connectivity index (χ4v) is 2.39. The Morgan fingerprint density at radius 3 is 2.84 bits per heavy atom. The molecule has 0 atom stereocenters. The largest absolute Gasteiger partial charge is 0.466 e. The Labute approximate surface area is 120 Å². The summed E-state index contributed by atoms with van der Waals surface area (Å²) in [4.78, 5) is 26.7. The molecule has 0 saturated heterocycles. The molecule has 1 rings (SSSR count). The normalized spacial score (nSPS) is 10.1. The molecule has 6 nitrogen and oxygen atoms in total. The van der Waals surface area contributed by atoms with Crippen LogP contribution in [0.15, 0.2) is 0 Å². The van der Waals surface area contributed by atoms with Gasteiger partial charge in [0.2, 0.25) is 0 Å². The van der Waals surface area contributed by atoms with Gasteiger partial charge in [0.05, 0.1) is 13.7 Å². The number of anilines is 1. The molecule has 0 aromatic carbocycles.